The predicted molar refractivity (Wildman–Crippen MR) is 66.4 cm³/mol. The minimum Gasteiger partial charge on any atom is -0.358 e. The lowest BCUT2D eigenvalue weighted by molar-refractivity contribution is 1.00. The molecular weight excluding hydrogens is 196 g/mol. The van der Waals surface area contributed by atoms with E-state index in [0.29, 0.717) is 6.42 Å². The van der Waals surface area contributed by atoms with Gasteiger partial charge in [0, 0.05) is 23.0 Å². The highest BCUT2D eigenvalue weighted by molar-refractivity contribution is 5.88. The molecule has 1 aromatic heterocycles. The van der Waals surface area contributed by atoms with E-state index in [1.165, 1.54) is 33.3 Å². The van der Waals surface area contributed by atoms with Crippen LogP contribution >= 0.6 is 0 Å². The Morgan fingerprint density at radius 3 is 2.69 bits per heavy atom. The number of aromatic nitrogens is 1. The van der Waals surface area contributed by atoms with Gasteiger partial charge in [-0.1, -0.05) is 12.1 Å². The number of H-pyrrole nitrogens is 1. The topological polar surface area (TPSA) is 39.6 Å². The third-order valence-corrected chi connectivity index (χ3v) is 3.31. The van der Waals surface area contributed by atoms with E-state index in [1.54, 1.807) is 0 Å². The van der Waals surface area contributed by atoms with Crippen molar-refractivity contribution >= 4 is 10.9 Å². The maximum absolute atomic E-state index is 8.67. The fourth-order valence-corrected chi connectivity index (χ4v) is 2.20. The van der Waals surface area contributed by atoms with Gasteiger partial charge >= 0.3 is 0 Å². The summed E-state index contributed by atoms with van der Waals surface area (Å²) < 4.78 is 0. The van der Waals surface area contributed by atoms with E-state index < -0.39 is 0 Å². The fourth-order valence-electron chi connectivity index (χ4n) is 2.20. The zero-order valence-electron chi connectivity index (χ0n) is 10.0. The first kappa shape index (κ1) is 10.8. The van der Waals surface area contributed by atoms with Crippen molar-refractivity contribution in [3.05, 3.63) is 34.5 Å². The van der Waals surface area contributed by atoms with Gasteiger partial charge in [-0.3, -0.25) is 0 Å². The van der Waals surface area contributed by atoms with Gasteiger partial charge in [-0.05, 0) is 43.9 Å². The Balaban J connectivity index is 2.63. The van der Waals surface area contributed by atoms with Gasteiger partial charge in [0.15, 0.2) is 0 Å². The monoisotopic (exact) mass is 212 g/mol. The third-order valence-electron chi connectivity index (χ3n) is 3.31. The summed E-state index contributed by atoms with van der Waals surface area (Å²) in [6.07, 6.45) is 1.42. The van der Waals surface area contributed by atoms with Gasteiger partial charge in [-0.15, -0.1) is 0 Å². The number of nitrogens with one attached hydrogen (secondary N) is 1. The summed E-state index contributed by atoms with van der Waals surface area (Å²) in [5, 5.41) is 9.94. The molecule has 2 aromatic rings. The van der Waals surface area contributed by atoms with Crippen molar-refractivity contribution in [2.24, 2.45) is 0 Å². The van der Waals surface area contributed by atoms with Crippen LogP contribution in [0.15, 0.2) is 12.1 Å². The van der Waals surface area contributed by atoms with Crippen molar-refractivity contribution < 1.29 is 0 Å². The summed E-state index contributed by atoms with van der Waals surface area (Å²) in [6.45, 7) is 6.35. The number of nitriles is 1. The Bertz CT molecular complexity index is 570. The van der Waals surface area contributed by atoms with Gasteiger partial charge in [0.2, 0.25) is 0 Å². The van der Waals surface area contributed by atoms with Crippen LogP contribution in [-0.2, 0) is 6.42 Å². The van der Waals surface area contributed by atoms with Crippen LogP contribution in [0.5, 0.6) is 0 Å². The van der Waals surface area contributed by atoms with E-state index in [9.17, 15) is 0 Å². The van der Waals surface area contributed by atoms with Crippen LogP contribution in [-0.4, -0.2) is 4.98 Å². The van der Waals surface area contributed by atoms with Crippen LogP contribution in [0.3, 0.4) is 0 Å². The molecular formula is C14H16N2. The Morgan fingerprint density at radius 1 is 1.25 bits per heavy atom. The van der Waals surface area contributed by atoms with Crippen LogP contribution < -0.4 is 0 Å². The van der Waals surface area contributed by atoms with Gasteiger partial charge in [-0.25, -0.2) is 0 Å². The lowest BCUT2D eigenvalue weighted by Gasteiger charge is -2.02. The molecule has 0 saturated heterocycles. The van der Waals surface area contributed by atoms with E-state index in [4.69, 9.17) is 5.26 Å². The van der Waals surface area contributed by atoms with E-state index >= 15 is 0 Å². The lowest BCUT2D eigenvalue weighted by atomic mass is 10.0. The molecule has 2 rings (SSSR count). The molecule has 0 aliphatic rings. The molecule has 0 aliphatic carbocycles. The molecule has 0 atom stereocenters. The van der Waals surface area contributed by atoms with Gasteiger partial charge in [-0.2, -0.15) is 5.26 Å². The van der Waals surface area contributed by atoms with Crippen molar-refractivity contribution in [1.82, 2.24) is 4.98 Å². The van der Waals surface area contributed by atoms with Crippen LogP contribution in [0.4, 0.5) is 0 Å². The van der Waals surface area contributed by atoms with Crippen molar-refractivity contribution in [3.8, 4) is 6.07 Å². The molecule has 0 spiro atoms. The quantitative estimate of drug-likeness (QED) is 0.812. The molecule has 0 radical (unpaired) electrons. The normalized spacial score (nSPS) is 10.6. The Kier molecular flexibility index (Phi) is 2.70. The fraction of sp³-hybridized carbons (Fsp3) is 0.357. The Labute approximate surface area is 95.9 Å². The summed E-state index contributed by atoms with van der Waals surface area (Å²) in [5.41, 5.74) is 6.33. The molecule has 16 heavy (non-hydrogen) atoms. The second-order valence-corrected chi connectivity index (χ2v) is 4.32. The predicted octanol–water partition coefficient (Wildman–Crippen LogP) is 3.55. The molecule has 1 aromatic carbocycles. The summed E-state index contributed by atoms with van der Waals surface area (Å²) >= 11 is 0. The SMILES string of the molecule is Cc1ccc2c(CCC#N)c(C)[nH]c2c1C. The number of aryl methyl sites for hydroxylation is 4. The number of benzene rings is 1. The standard InChI is InChI=1S/C14H16N2/c1-9-6-7-13-12(5-4-8-15)11(3)16-14(13)10(9)2/h6-7,16H,4-5H2,1-3H3. The summed E-state index contributed by atoms with van der Waals surface area (Å²) in [7, 11) is 0. The van der Waals surface area contributed by atoms with Crippen molar-refractivity contribution in [1.29, 1.82) is 5.26 Å². The first-order valence-electron chi connectivity index (χ1n) is 5.59. The van der Waals surface area contributed by atoms with Crippen molar-refractivity contribution in [3.63, 3.8) is 0 Å². The van der Waals surface area contributed by atoms with Crippen LogP contribution in [0.25, 0.3) is 10.9 Å². The largest absolute Gasteiger partial charge is 0.358 e. The first-order valence-corrected chi connectivity index (χ1v) is 5.59. The first-order chi connectivity index (χ1) is 7.65. The highest BCUT2D eigenvalue weighted by atomic mass is 14.7. The molecule has 0 bridgehead atoms. The molecule has 0 aliphatic heterocycles. The van der Waals surface area contributed by atoms with Crippen LogP contribution in [0.1, 0.15) is 28.8 Å². The molecule has 2 nitrogen and oxygen atoms in total. The molecule has 0 unspecified atom stereocenters. The minimum absolute atomic E-state index is 0.584. The van der Waals surface area contributed by atoms with E-state index in [2.05, 4.69) is 44.0 Å². The number of hydrogen-bond donors (Lipinski definition) is 1. The van der Waals surface area contributed by atoms with E-state index in [1.807, 2.05) is 0 Å². The maximum Gasteiger partial charge on any atom is 0.0625 e. The molecule has 82 valence electrons. The number of nitrogens with zero attached hydrogens (tertiary/aromatic N) is 1. The van der Waals surface area contributed by atoms with Crippen LogP contribution in [0, 0.1) is 32.1 Å². The van der Waals surface area contributed by atoms with Gasteiger partial charge in [0.25, 0.3) is 0 Å². The minimum atomic E-state index is 0.584. The zero-order chi connectivity index (χ0) is 11.7. The molecule has 2 heteroatoms. The highest BCUT2D eigenvalue weighted by Crippen LogP contribution is 2.27. The molecule has 1 heterocycles. The van der Waals surface area contributed by atoms with Gasteiger partial charge in [0.1, 0.15) is 0 Å². The average Bonchev–Trinajstić information content (AvgIpc) is 2.58. The summed E-state index contributed by atoms with van der Waals surface area (Å²) in [6, 6.07) is 6.52. The average molecular weight is 212 g/mol. The molecule has 0 amide bonds. The third kappa shape index (κ3) is 1.59. The van der Waals surface area contributed by atoms with E-state index in [-0.39, 0.29) is 0 Å². The number of rotatable bonds is 2. The molecule has 1 N–H and O–H groups in total. The smallest absolute Gasteiger partial charge is 0.0625 e. The van der Waals surface area contributed by atoms with Crippen molar-refractivity contribution in [2.75, 3.05) is 0 Å². The van der Waals surface area contributed by atoms with Crippen LogP contribution in [0.2, 0.25) is 0 Å². The number of fused-ring (bicyclic) bond motifs is 1. The van der Waals surface area contributed by atoms with Gasteiger partial charge < -0.3 is 4.98 Å². The number of hydrogen-bond acceptors (Lipinski definition) is 1. The Hall–Kier alpha value is -1.75. The van der Waals surface area contributed by atoms with Gasteiger partial charge in [0.05, 0.1) is 6.07 Å². The molecule has 0 fully saturated rings. The summed E-state index contributed by atoms with van der Waals surface area (Å²) in [5.74, 6) is 0. The lowest BCUT2D eigenvalue weighted by Crippen LogP contribution is -1.85. The Morgan fingerprint density at radius 2 is 2.00 bits per heavy atom. The zero-order valence-corrected chi connectivity index (χ0v) is 10.0. The maximum atomic E-state index is 8.67. The van der Waals surface area contributed by atoms with E-state index in [0.717, 1.165) is 6.42 Å². The highest BCUT2D eigenvalue weighted by Gasteiger charge is 2.10. The summed E-state index contributed by atoms with van der Waals surface area (Å²) in [4.78, 5) is 3.44. The molecule has 0 saturated carbocycles. The second kappa shape index (κ2) is 4.02. The number of aromatic amines is 1. The second-order valence-electron chi connectivity index (χ2n) is 4.32. The van der Waals surface area contributed by atoms with Crippen molar-refractivity contribution in [2.45, 2.75) is 33.6 Å².